The molecule has 0 atom stereocenters. The summed E-state index contributed by atoms with van der Waals surface area (Å²) in [4.78, 5) is 27.8. The van der Waals surface area contributed by atoms with Crippen molar-refractivity contribution in [2.24, 2.45) is 4.99 Å². The van der Waals surface area contributed by atoms with Gasteiger partial charge in [-0.1, -0.05) is 29.5 Å². The Bertz CT molecular complexity index is 1200. The number of hydrogen-bond acceptors (Lipinski definition) is 5. The Hall–Kier alpha value is -3.26. The van der Waals surface area contributed by atoms with Crippen LogP contribution in [0.15, 0.2) is 57.9 Å². The van der Waals surface area contributed by atoms with E-state index in [9.17, 15) is 14.9 Å². The fourth-order valence-corrected chi connectivity index (χ4v) is 3.86. The molecule has 2 aromatic heterocycles. The molecule has 2 aromatic carbocycles. The molecular formula is C18H13N3O4S. The minimum Gasteiger partial charge on any atom is -0.451 e. The molecule has 4 aromatic rings. The Kier molecular flexibility index (Phi) is 3.89. The zero-order chi connectivity index (χ0) is 18.3. The van der Waals surface area contributed by atoms with E-state index in [1.807, 2.05) is 25.1 Å². The Morgan fingerprint density at radius 2 is 2.08 bits per heavy atom. The van der Waals surface area contributed by atoms with Crippen LogP contribution in [0, 0.1) is 10.1 Å². The van der Waals surface area contributed by atoms with Crippen molar-refractivity contribution < 1.29 is 14.1 Å². The number of nitro groups is 1. The molecule has 0 unspecified atom stereocenters. The van der Waals surface area contributed by atoms with Crippen LogP contribution in [0.4, 0.5) is 5.69 Å². The maximum atomic E-state index is 12.5. The number of carbonyl (C=O) groups excluding carboxylic acids is 1. The van der Waals surface area contributed by atoms with Gasteiger partial charge < -0.3 is 8.98 Å². The molecule has 1 amide bonds. The van der Waals surface area contributed by atoms with E-state index in [1.165, 1.54) is 23.5 Å². The third-order valence-electron chi connectivity index (χ3n) is 4.03. The molecule has 0 spiro atoms. The molecule has 0 aliphatic carbocycles. The number of furan rings is 1. The van der Waals surface area contributed by atoms with Crippen LogP contribution in [0.25, 0.3) is 21.2 Å². The van der Waals surface area contributed by atoms with Crippen molar-refractivity contribution >= 4 is 44.1 Å². The summed E-state index contributed by atoms with van der Waals surface area (Å²) in [5.41, 5.74) is 1.32. The first-order valence-corrected chi connectivity index (χ1v) is 8.74. The predicted molar refractivity (Wildman–Crippen MR) is 98.3 cm³/mol. The molecule has 0 saturated heterocycles. The Morgan fingerprint density at radius 3 is 2.81 bits per heavy atom. The van der Waals surface area contributed by atoms with Crippen LogP contribution in [0.3, 0.4) is 0 Å². The SMILES string of the molecule is CCn1c(=NC(=O)c2cc3ccccc3o2)sc2ccc([N+](=O)[O-])cc21. The fraction of sp³-hybridized carbons (Fsp3) is 0.111. The monoisotopic (exact) mass is 367 g/mol. The first-order chi connectivity index (χ1) is 12.6. The molecule has 8 heteroatoms. The Balaban J connectivity index is 1.84. The summed E-state index contributed by atoms with van der Waals surface area (Å²) in [6, 6.07) is 13.6. The number of para-hydroxylation sites is 1. The second-order valence-electron chi connectivity index (χ2n) is 5.60. The van der Waals surface area contributed by atoms with Crippen LogP contribution >= 0.6 is 11.3 Å². The van der Waals surface area contributed by atoms with E-state index in [4.69, 9.17) is 4.42 Å². The van der Waals surface area contributed by atoms with Gasteiger partial charge in [0.05, 0.1) is 15.1 Å². The van der Waals surface area contributed by atoms with Gasteiger partial charge in [-0.25, -0.2) is 0 Å². The van der Waals surface area contributed by atoms with Gasteiger partial charge in [-0.2, -0.15) is 4.99 Å². The van der Waals surface area contributed by atoms with Gasteiger partial charge in [0.2, 0.25) is 0 Å². The number of nitrogens with zero attached hydrogens (tertiary/aromatic N) is 3. The molecule has 0 saturated carbocycles. The fourth-order valence-electron chi connectivity index (χ4n) is 2.79. The number of aryl methyl sites for hydroxylation is 1. The number of thiazole rings is 1. The standard InChI is InChI=1S/C18H13N3O4S/c1-2-20-13-10-12(21(23)24)7-8-16(13)26-18(20)19-17(22)15-9-11-5-3-4-6-14(11)25-15/h3-10H,2H2,1H3. The van der Waals surface area contributed by atoms with E-state index in [0.29, 0.717) is 22.4 Å². The van der Waals surface area contributed by atoms with Crippen LogP contribution in [0.2, 0.25) is 0 Å². The lowest BCUT2D eigenvalue weighted by Gasteiger charge is -1.99. The van der Waals surface area contributed by atoms with E-state index in [-0.39, 0.29) is 11.4 Å². The number of fused-ring (bicyclic) bond motifs is 2. The van der Waals surface area contributed by atoms with Crippen LogP contribution < -0.4 is 4.80 Å². The van der Waals surface area contributed by atoms with Crippen LogP contribution in [0.5, 0.6) is 0 Å². The average Bonchev–Trinajstić information content (AvgIpc) is 3.21. The first-order valence-electron chi connectivity index (χ1n) is 7.92. The Morgan fingerprint density at radius 1 is 1.27 bits per heavy atom. The lowest BCUT2D eigenvalue weighted by atomic mass is 10.2. The second-order valence-corrected chi connectivity index (χ2v) is 6.61. The molecule has 2 heterocycles. The maximum Gasteiger partial charge on any atom is 0.315 e. The third-order valence-corrected chi connectivity index (χ3v) is 5.09. The van der Waals surface area contributed by atoms with Crippen molar-refractivity contribution in [1.82, 2.24) is 4.57 Å². The average molecular weight is 367 g/mol. The number of nitro benzene ring substituents is 1. The highest BCUT2D eigenvalue weighted by Crippen LogP contribution is 2.23. The minimum absolute atomic E-state index is 0.00709. The summed E-state index contributed by atoms with van der Waals surface area (Å²) < 4.78 is 8.18. The molecule has 130 valence electrons. The highest BCUT2D eigenvalue weighted by Gasteiger charge is 2.14. The van der Waals surface area contributed by atoms with Gasteiger partial charge in [-0.05, 0) is 25.1 Å². The number of hydrogen-bond donors (Lipinski definition) is 0. The zero-order valence-electron chi connectivity index (χ0n) is 13.7. The number of benzene rings is 2. The normalized spacial score (nSPS) is 12.1. The highest BCUT2D eigenvalue weighted by atomic mass is 32.1. The number of non-ortho nitro benzene ring substituents is 1. The molecular weight excluding hydrogens is 354 g/mol. The summed E-state index contributed by atoms with van der Waals surface area (Å²) in [5, 5.41) is 11.8. The highest BCUT2D eigenvalue weighted by molar-refractivity contribution is 7.16. The molecule has 0 N–H and O–H groups in total. The van der Waals surface area contributed by atoms with Crippen molar-refractivity contribution in [3.05, 3.63) is 69.2 Å². The second kappa shape index (κ2) is 6.23. The molecule has 0 radical (unpaired) electrons. The summed E-state index contributed by atoms with van der Waals surface area (Å²) >= 11 is 1.31. The van der Waals surface area contributed by atoms with Crippen LogP contribution in [0.1, 0.15) is 17.5 Å². The lowest BCUT2D eigenvalue weighted by Crippen LogP contribution is -2.15. The smallest absolute Gasteiger partial charge is 0.315 e. The molecule has 0 aliphatic rings. The van der Waals surface area contributed by atoms with E-state index in [0.717, 1.165) is 10.1 Å². The summed E-state index contributed by atoms with van der Waals surface area (Å²) in [7, 11) is 0. The number of rotatable bonds is 3. The summed E-state index contributed by atoms with van der Waals surface area (Å²) in [6.07, 6.45) is 0. The van der Waals surface area contributed by atoms with E-state index in [1.54, 1.807) is 22.8 Å². The molecule has 4 rings (SSSR count). The number of amides is 1. The molecule has 0 aliphatic heterocycles. The third kappa shape index (κ3) is 2.70. The van der Waals surface area contributed by atoms with E-state index >= 15 is 0 Å². The molecule has 7 nitrogen and oxygen atoms in total. The van der Waals surface area contributed by atoms with Gasteiger partial charge in [0.15, 0.2) is 10.6 Å². The largest absolute Gasteiger partial charge is 0.451 e. The van der Waals surface area contributed by atoms with Crippen LogP contribution in [-0.2, 0) is 6.54 Å². The van der Waals surface area contributed by atoms with Gasteiger partial charge >= 0.3 is 5.91 Å². The van der Waals surface area contributed by atoms with E-state index < -0.39 is 10.8 Å². The molecule has 26 heavy (non-hydrogen) atoms. The van der Waals surface area contributed by atoms with Gasteiger partial charge in [-0.15, -0.1) is 0 Å². The minimum atomic E-state index is -0.482. The van der Waals surface area contributed by atoms with Crippen molar-refractivity contribution in [1.29, 1.82) is 0 Å². The van der Waals surface area contributed by atoms with Gasteiger partial charge in [-0.3, -0.25) is 14.9 Å². The van der Waals surface area contributed by atoms with Gasteiger partial charge in [0, 0.05) is 24.1 Å². The quantitative estimate of drug-likeness (QED) is 0.402. The maximum absolute atomic E-state index is 12.5. The van der Waals surface area contributed by atoms with Gasteiger partial charge in [0.25, 0.3) is 5.69 Å². The van der Waals surface area contributed by atoms with Crippen molar-refractivity contribution in [2.75, 3.05) is 0 Å². The summed E-state index contributed by atoms with van der Waals surface area (Å²) in [5.74, 6) is -0.318. The first kappa shape index (κ1) is 16.2. The zero-order valence-corrected chi connectivity index (χ0v) is 14.5. The molecule has 0 bridgehead atoms. The number of aromatic nitrogens is 1. The Labute approximate surface area is 151 Å². The van der Waals surface area contributed by atoms with E-state index in [2.05, 4.69) is 4.99 Å². The van der Waals surface area contributed by atoms with Crippen molar-refractivity contribution in [3.8, 4) is 0 Å². The van der Waals surface area contributed by atoms with Crippen molar-refractivity contribution in [3.63, 3.8) is 0 Å². The topological polar surface area (TPSA) is 90.6 Å². The van der Waals surface area contributed by atoms with Crippen molar-refractivity contribution in [2.45, 2.75) is 13.5 Å². The molecule has 0 fully saturated rings. The van der Waals surface area contributed by atoms with Gasteiger partial charge in [0.1, 0.15) is 5.58 Å². The lowest BCUT2D eigenvalue weighted by molar-refractivity contribution is -0.384. The van der Waals surface area contributed by atoms with Crippen LogP contribution in [-0.4, -0.2) is 15.4 Å². The number of carbonyl (C=O) groups is 1. The summed E-state index contributed by atoms with van der Waals surface area (Å²) in [6.45, 7) is 2.43. The predicted octanol–water partition coefficient (Wildman–Crippen LogP) is 4.12.